The molecule has 1 N–H and O–H groups in total. The first kappa shape index (κ1) is 22.3. The maximum Gasteiger partial charge on any atom is 0.272 e. The normalized spacial score (nSPS) is 11.1. The molecule has 0 saturated carbocycles. The molecule has 0 bridgehead atoms. The summed E-state index contributed by atoms with van der Waals surface area (Å²) in [6, 6.07) is 24.3. The molecule has 0 aliphatic heterocycles. The number of rotatable bonds is 6. The van der Waals surface area contributed by atoms with Crippen molar-refractivity contribution in [3.63, 3.8) is 0 Å². The van der Waals surface area contributed by atoms with Crippen LogP contribution < -0.4 is 10.2 Å². The van der Waals surface area contributed by atoms with E-state index in [1.807, 2.05) is 48.5 Å². The summed E-state index contributed by atoms with van der Waals surface area (Å²) in [7, 11) is 0. The van der Waals surface area contributed by atoms with E-state index in [4.69, 9.17) is 27.9 Å². The quantitative estimate of drug-likeness (QED) is 0.212. The first-order valence-corrected chi connectivity index (χ1v) is 11.2. The lowest BCUT2D eigenvalue weighted by molar-refractivity contribution is 0.0954. The number of nitrogens with one attached hydrogen (secondary N) is 1. The van der Waals surface area contributed by atoms with Crippen LogP contribution in [0.25, 0.3) is 10.8 Å². The van der Waals surface area contributed by atoms with Gasteiger partial charge in [-0.05, 0) is 62.6 Å². The maximum absolute atomic E-state index is 12.5. The number of ether oxygens (including phenoxy) is 1. The molecule has 0 aromatic heterocycles. The van der Waals surface area contributed by atoms with Crippen LogP contribution in [0.2, 0.25) is 10.0 Å². The molecule has 4 nitrogen and oxygen atoms in total. The second-order valence-electron chi connectivity index (χ2n) is 6.91. The van der Waals surface area contributed by atoms with Crippen molar-refractivity contribution >= 4 is 62.0 Å². The summed E-state index contributed by atoms with van der Waals surface area (Å²) in [6.45, 7) is 0.305. The number of carbonyl (C=O) groups is 1. The Bertz CT molecular complexity index is 1320. The number of carbonyl (C=O) groups excluding carboxylic acids is 1. The Morgan fingerprint density at radius 1 is 0.969 bits per heavy atom. The minimum Gasteiger partial charge on any atom is -0.488 e. The number of halogens is 3. The van der Waals surface area contributed by atoms with Gasteiger partial charge in [0.05, 0.1) is 21.8 Å². The lowest BCUT2D eigenvalue weighted by Crippen LogP contribution is -2.18. The van der Waals surface area contributed by atoms with E-state index in [2.05, 4.69) is 26.5 Å². The molecule has 1 amide bonds. The fourth-order valence-electron chi connectivity index (χ4n) is 3.19. The van der Waals surface area contributed by atoms with Crippen LogP contribution in [0.3, 0.4) is 0 Å². The van der Waals surface area contributed by atoms with Crippen molar-refractivity contribution in [2.24, 2.45) is 5.10 Å². The highest BCUT2D eigenvalue weighted by atomic mass is 79.9. The highest BCUT2D eigenvalue weighted by Crippen LogP contribution is 2.28. The Morgan fingerprint density at radius 2 is 1.75 bits per heavy atom. The molecule has 32 heavy (non-hydrogen) atoms. The largest absolute Gasteiger partial charge is 0.488 e. The van der Waals surface area contributed by atoms with E-state index in [0.717, 1.165) is 21.9 Å². The first-order valence-electron chi connectivity index (χ1n) is 9.69. The van der Waals surface area contributed by atoms with Gasteiger partial charge in [-0.2, -0.15) is 5.10 Å². The minimum absolute atomic E-state index is 0.305. The van der Waals surface area contributed by atoms with Gasteiger partial charge in [0.2, 0.25) is 0 Å². The molecule has 0 heterocycles. The zero-order valence-electron chi connectivity index (χ0n) is 16.7. The number of nitrogens with zero attached hydrogens (tertiary/aromatic N) is 1. The van der Waals surface area contributed by atoms with E-state index < -0.39 is 0 Å². The van der Waals surface area contributed by atoms with Gasteiger partial charge < -0.3 is 4.74 Å². The van der Waals surface area contributed by atoms with Crippen molar-refractivity contribution in [3.05, 3.63) is 110 Å². The van der Waals surface area contributed by atoms with Crippen LogP contribution in [-0.4, -0.2) is 12.1 Å². The summed E-state index contributed by atoms with van der Waals surface area (Å²) in [5, 5.41) is 7.15. The lowest BCUT2D eigenvalue weighted by Gasteiger charge is -2.12. The number of hydrogen-bond acceptors (Lipinski definition) is 3. The summed E-state index contributed by atoms with van der Waals surface area (Å²) in [6.07, 6.45) is 1.60. The van der Waals surface area contributed by atoms with Crippen molar-refractivity contribution in [2.45, 2.75) is 6.61 Å². The van der Waals surface area contributed by atoms with Crippen molar-refractivity contribution in [3.8, 4) is 5.75 Å². The molecule has 0 radical (unpaired) electrons. The summed E-state index contributed by atoms with van der Waals surface area (Å²) in [5.74, 6) is 0.320. The zero-order valence-corrected chi connectivity index (χ0v) is 19.8. The summed E-state index contributed by atoms with van der Waals surface area (Å²) in [5.41, 5.74) is 4.73. The van der Waals surface area contributed by atoms with Gasteiger partial charge in [-0.3, -0.25) is 4.79 Å². The monoisotopic (exact) mass is 526 g/mol. The van der Waals surface area contributed by atoms with Crippen LogP contribution in [0.4, 0.5) is 0 Å². The average Bonchev–Trinajstić information content (AvgIpc) is 2.80. The molecule has 0 spiro atoms. The van der Waals surface area contributed by atoms with Crippen molar-refractivity contribution in [1.29, 1.82) is 0 Å². The number of hydrogen-bond donors (Lipinski definition) is 1. The van der Waals surface area contributed by atoms with E-state index in [1.165, 1.54) is 0 Å². The van der Waals surface area contributed by atoms with Crippen molar-refractivity contribution < 1.29 is 9.53 Å². The molecule has 0 atom stereocenters. The molecule has 0 saturated heterocycles. The van der Waals surface area contributed by atoms with E-state index in [9.17, 15) is 4.79 Å². The number of fused-ring (bicyclic) bond motifs is 1. The standard InChI is InChI=1S/C25H17BrCl2N2O2/c26-21-8-4-3-7-19(21)25(31)30-29-14-20-18-6-2-1-5-17(18)10-12-24(20)32-15-16-9-11-22(27)23(28)13-16/h1-14H,15H2,(H,30,31)/b29-14-. The maximum atomic E-state index is 12.5. The molecule has 0 unspecified atom stereocenters. The van der Waals surface area contributed by atoms with Crippen LogP contribution in [0.5, 0.6) is 5.75 Å². The van der Waals surface area contributed by atoms with Gasteiger partial charge in [0, 0.05) is 10.0 Å². The van der Waals surface area contributed by atoms with Gasteiger partial charge >= 0.3 is 0 Å². The van der Waals surface area contributed by atoms with Gasteiger partial charge in [0.15, 0.2) is 0 Å². The summed E-state index contributed by atoms with van der Waals surface area (Å²) >= 11 is 15.5. The third kappa shape index (κ3) is 5.13. The van der Waals surface area contributed by atoms with Gasteiger partial charge in [0.25, 0.3) is 5.91 Å². The molecule has 0 fully saturated rings. The highest BCUT2D eigenvalue weighted by molar-refractivity contribution is 9.10. The Labute approximate surface area is 203 Å². The van der Waals surface area contributed by atoms with Crippen LogP contribution in [0.1, 0.15) is 21.5 Å². The Balaban J connectivity index is 1.60. The predicted molar refractivity (Wildman–Crippen MR) is 134 cm³/mol. The number of hydrazone groups is 1. The molecular formula is C25H17BrCl2N2O2. The van der Waals surface area contributed by atoms with Gasteiger partial charge in [-0.25, -0.2) is 5.43 Å². The summed E-state index contributed by atoms with van der Waals surface area (Å²) < 4.78 is 6.77. The zero-order chi connectivity index (χ0) is 22.5. The fourth-order valence-corrected chi connectivity index (χ4v) is 3.97. The third-order valence-electron chi connectivity index (χ3n) is 4.79. The fraction of sp³-hybridized carbons (Fsp3) is 0.0400. The third-order valence-corrected chi connectivity index (χ3v) is 6.22. The second-order valence-corrected chi connectivity index (χ2v) is 8.58. The lowest BCUT2D eigenvalue weighted by atomic mass is 10.0. The molecule has 160 valence electrons. The van der Waals surface area contributed by atoms with Crippen molar-refractivity contribution in [1.82, 2.24) is 5.43 Å². The molecule has 0 aliphatic rings. The van der Waals surface area contributed by atoms with E-state index in [-0.39, 0.29) is 5.91 Å². The first-order chi connectivity index (χ1) is 15.5. The minimum atomic E-state index is -0.313. The molecule has 7 heteroatoms. The smallest absolute Gasteiger partial charge is 0.272 e. The van der Waals surface area contributed by atoms with E-state index >= 15 is 0 Å². The second kappa shape index (κ2) is 10.2. The number of benzene rings is 4. The average molecular weight is 528 g/mol. The topological polar surface area (TPSA) is 50.7 Å². The van der Waals surface area contributed by atoms with Crippen molar-refractivity contribution in [2.75, 3.05) is 0 Å². The van der Waals surface area contributed by atoms with E-state index in [1.54, 1.807) is 36.5 Å². The van der Waals surface area contributed by atoms with E-state index in [0.29, 0.717) is 32.4 Å². The van der Waals surface area contributed by atoms with Gasteiger partial charge in [-0.15, -0.1) is 0 Å². The Morgan fingerprint density at radius 3 is 2.56 bits per heavy atom. The molecule has 0 aliphatic carbocycles. The van der Waals surface area contributed by atoms with Gasteiger partial charge in [-0.1, -0.05) is 71.7 Å². The van der Waals surface area contributed by atoms with Crippen LogP contribution in [-0.2, 0) is 6.61 Å². The highest BCUT2D eigenvalue weighted by Gasteiger charge is 2.10. The summed E-state index contributed by atoms with van der Waals surface area (Å²) in [4.78, 5) is 12.5. The SMILES string of the molecule is O=C(N/N=C\c1c(OCc2ccc(Cl)c(Cl)c2)ccc2ccccc12)c1ccccc1Br. The molecule has 4 aromatic carbocycles. The molecular weight excluding hydrogens is 511 g/mol. The molecule has 4 aromatic rings. The Hall–Kier alpha value is -2.86. The predicted octanol–water partition coefficient (Wildman–Crippen LogP) is 7.25. The Kier molecular flexibility index (Phi) is 7.10. The number of amides is 1. The van der Waals surface area contributed by atoms with Crippen LogP contribution in [0, 0.1) is 0 Å². The van der Waals surface area contributed by atoms with Crippen LogP contribution in [0.15, 0.2) is 88.4 Å². The van der Waals surface area contributed by atoms with Gasteiger partial charge in [0.1, 0.15) is 12.4 Å². The van der Waals surface area contributed by atoms with Crippen LogP contribution >= 0.6 is 39.1 Å². The molecule has 4 rings (SSSR count).